The van der Waals surface area contributed by atoms with Crippen molar-refractivity contribution in [1.29, 1.82) is 0 Å². The van der Waals surface area contributed by atoms with Gasteiger partial charge >= 0.3 is 6.18 Å². The first kappa shape index (κ1) is 30.6. The van der Waals surface area contributed by atoms with Crippen LogP contribution in [-0.4, -0.2) is 15.9 Å². The Hall–Kier alpha value is -4.32. The molecule has 0 aliphatic carbocycles. The number of carbonyl (C=O) groups excluding carboxylic acids is 1. The van der Waals surface area contributed by atoms with E-state index in [0.29, 0.717) is 16.6 Å². The van der Waals surface area contributed by atoms with Crippen molar-refractivity contribution in [2.24, 2.45) is 0 Å². The van der Waals surface area contributed by atoms with Crippen LogP contribution in [0.15, 0.2) is 115 Å². The summed E-state index contributed by atoms with van der Waals surface area (Å²) in [6.45, 7) is 2.85. The number of aromatic nitrogens is 1. The molecule has 42 heavy (non-hydrogen) atoms. The summed E-state index contributed by atoms with van der Waals surface area (Å²) in [5.74, 6) is -0.0625. The first-order chi connectivity index (χ1) is 19.6. The predicted octanol–water partition coefficient (Wildman–Crippen LogP) is 9.73. The minimum Gasteiger partial charge on any atom is -0.512 e. The van der Waals surface area contributed by atoms with Crippen molar-refractivity contribution in [2.75, 3.05) is 0 Å². The van der Waals surface area contributed by atoms with Gasteiger partial charge in [-0.2, -0.15) is 13.2 Å². The van der Waals surface area contributed by atoms with Crippen LogP contribution < -0.4 is 0 Å². The van der Waals surface area contributed by atoms with Crippen molar-refractivity contribution < 1.29 is 43.2 Å². The molecule has 0 amide bonds. The standard InChI is InChI=1S/C30H17F3N.C5H8O2.Ir/c31-30(32,33)28-18-23(16-22-8-4-5-9-24(22)28)29-26-13-12-20-10-11-21(19-6-2-1-3-7-19)17-27(20)25(26)14-15-34-29;1-4(6)3-5(2)7;/h1-15,17-18H;3,6H,1-2H3;/q-1;;/b;4-3-;. The monoisotopic (exact) mass is 741 g/mol. The van der Waals surface area contributed by atoms with E-state index in [2.05, 4.69) is 41.4 Å². The Bertz CT molecular complexity index is 1930. The van der Waals surface area contributed by atoms with Crippen molar-refractivity contribution in [2.45, 2.75) is 20.0 Å². The summed E-state index contributed by atoms with van der Waals surface area (Å²) < 4.78 is 41.7. The second-order valence-electron chi connectivity index (χ2n) is 9.66. The molecule has 7 heteroatoms. The van der Waals surface area contributed by atoms with Gasteiger partial charge in [0.2, 0.25) is 0 Å². The zero-order valence-corrected chi connectivity index (χ0v) is 25.1. The number of allylic oxidation sites excluding steroid dienone is 2. The summed E-state index contributed by atoms with van der Waals surface area (Å²) in [6.07, 6.45) is -1.66. The molecule has 1 heterocycles. The van der Waals surface area contributed by atoms with Crippen molar-refractivity contribution in [1.82, 2.24) is 4.98 Å². The molecule has 0 saturated carbocycles. The van der Waals surface area contributed by atoms with E-state index in [1.165, 1.54) is 26.0 Å². The summed E-state index contributed by atoms with van der Waals surface area (Å²) in [5, 5.41) is 12.7. The fourth-order valence-electron chi connectivity index (χ4n) is 4.90. The Balaban J connectivity index is 0.000000454. The number of alkyl halides is 3. The third kappa shape index (κ3) is 6.59. The van der Waals surface area contributed by atoms with Crippen LogP contribution in [0.25, 0.3) is 54.7 Å². The van der Waals surface area contributed by atoms with E-state index in [1.54, 1.807) is 24.4 Å². The molecule has 0 aliphatic rings. The predicted molar refractivity (Wildman–Crippen MR) is 159 cm³/mol. The molecule has 3 nitrogen and oxygen atoms in total. The Morgan fingerprint density at radius 3 is 2.14 bits per heavy atom. The van der Waals surface area contributed by atoms with Gasteiger partial charge < -0.3 is 5.11 Å². The number of ketones is 1. The second-order valence-corrected chi connectivity index (χ2v) is 9.66. The van der Waals surface area contributed by atoms with E-state index in [9.17, 15) is 18.0 Å². The third-order valence-electron chi connectivity index (χ3n) is 6.62. The van der Waals surface area contributed by atoms with Gasteiger partial charge in [-0.15, -0.1) is 23.6 Å². The van der Waals surface area contributed by atoms with Crippen LogP contribution in [0.2, 0.25) is 0 Å². The maximum atomic E-state index is 13.9. The number of pyridine rings is 1. The molecule has 5 aromatic carbocycles. The van der Waals surface area contributed by atoms with Gasteiger partial charge in [0.15, 0.2) is 5.78 Å². The minimum absolute atomic E-state index is 0. The summed E-state index contributed by atoms with van der Waals surface area (Å²) >= 11 is 0. The van der Waals surface area contributed by atoms with Crippen molar-refractivity contribution in [3.8, 4) is 22.4 Å². The number of carbonyl (C=O) groups is 1. The number of hydrogen-bond acceptors (Lipinski definition) is 3. The van der Waals surface area contributed by atoms with E-state index in [-0.39, 0.29) is 37.0 Å². The molecule has 213 valence electrons. The molecule has 0 fully saturated rings. The summed E-state index contributed by atoms with van der Waals surface area (Å²) in [4.78, 5) is 14.5. The number of hydrogen-bond donors (Lipinski definition) is 1. The fraction of sp³-hybridized carbons (Fsp3) is 0.0857. The van der Waals surface area contributed by atoms with Gasteiger partial charge in [0.25, 0.3) is 0 Å². The van der Waals surface area contributed by atoms with Gasteiger partial charge in [-0.05, 0) is 64.2 Å². The third-order valence-corrected chi connectivity index (χ3v) is 6.62. The first-order valence-corrected chi connectivity index (χ1v) is 12.9. The van der Waals surface area contributed by atoms with Gasteiger partial charge in [-0.3, -0.25) is 9.78 Å². The Kier molecular flexibility index (Phi) is 9.25. The average Bonchev–Trinajstić information content (AvgIpc) is 2.95. The van der Waals surface area contributed by atoms with Crippen LogP contribution in [0.4, 0.5) is 13.2 Å². The molecule has 0 unspecified atom stereocenters. The molecular weight excluding hydrogens is 716 g/mol. The molecule has 0 aliphatic heterocycles. The van der Waals surface area contributed by atoms with Crippen molar-refractivity contribution >= 4 is 38.1 Å². The molecule has 0 saturated heterocycles. The number of rotatable bonds is 3. The Morgan fingerprint density at radius 2 is 1.48 bits per heavy atom. The number of benzene rings is 5. The number of aliphatic hydroxyl groups is 1. The fourth-order valence-corrected chi connectivity index (χ4v) is 4.90. The van der Waals surface area contributed by atoms with Gasteiger partial charge in [0, 0.05) is 38.1 Å². The van der Waals surface area contributed by atoms with Crippen LogP contribution in [0.5, 0.6) is 0 Å². The maximum Gasteiger partial charge on any atom is 0.403 e. The van der Waals surface area contributed by atoms with Crippen LogP contribution in [0.1, 0.15) is 19.4 Å². The topological polar surface area (TPSA) is 50.2 Å². The molecular formula is C35H25F3IrNO2-. The van der Waals surface area contributed by atoms with Gasteiger partial charge in [0.05, 0.1) is 5.76 Å². The largest absolute Gasteiger partial charge is 0.512 e. The smallest absolute Gasteiger partial charge is 0.403 e. The van der Waals surface area contributed by atoms with E-state index in [0.717, 1.165) is 38.7 Å². The van der Waals surface area contributed by atoms with Crippen LogP contribution in [0, 0.1) is 6.07 Å². The second kappa shape index (κ2) is 12.7. The summed E-state index contributed by atoms with van der Waals surface area (Å²) in [6, 6.07) is 33.0. The van der Waals surface area contributed by atoms with Crippen LogP contribution >= 0.6 is 0 Å². The number of nitrogens with zero attached hydrogens (tertiary/aromatic N) is 1. The summed E-state index contributed by atoms with van der Waals surface area (Å²) in [7, 11) is 0. The zero-order chi connectivity index (χ0) is 29.1. The molecule has 0 spiro atoms. The number of fused-ring (bicyclic) bond motifs is 4. The molecule has 1 radical (unpaired) electrons. The molecule has 1 aromatic heterocycles. The number of halogens is 3. The normalized spacial score (nSPS) is 11.6. The molecule has 1 N–H and O–H groups in total. The van der Waals surface area contributed by atoms with E-state index >= 15 is 0 Å². The van der Waals surface area contributed by atoms with Gasteiger partial charge in [-0.25, -0.2) is 0 Å². The van der Waals surface area contributed by atoms with Crippen LogP contribution in [0.3, 0.4) is 0 Å². The zero-order valence-electron chi connectivity index (χ0n) is 22.7. The average molecular weight is 741 g/mol. The molecule has 6 rings (SSSR count). The van der Waals surface area contributed by atoms with Crippen molar-refractivity contribution in [3.63, 3.8) is 0 Å². The Morgan fingerprint density at radius 1 is 0.786 bits per heavy atom. The first-order valence-electron chi connectivity index (χ1n) is 12.9. The van der Waals surface area contributed by atoms with Gasteiger partial charge in [-0.1, -0.05) is 83.7 Å². The van der Waals surface area contributed by atoms with Gasteiger partial charge in [0.1, 0.15) is 0 Å². The Labute approximate surface area is 254 Å². The van der Waals surface area contributed by atoms with E-state index in [4.69, 9.17) is 5.11 Å². The quantitative estimate of drug-likeness (QED) is 0.0851. The number of aliphatic hydroxyl groups excluding tert-OH is 1. The van der Waals surface area contributed by atoms with E-state index in [1.807, 2.05) is 36.4 Å². The maximum absolute atomic E-state index is 13.9. The van der Waals surface area contributed by atoms with Crippen LogP contribution in [-0.2, 0) is 31.1 Å². The molecule has 0 bridgehead atoms. The summed E-state index contributed by atoms with van der Waals surface area (Å²) in [5.41, 5.74) is 2.32. The van der Waals surface area contributed by atoms with Crippen molar-refractivity contribution in [3.05, 3.63) is 127 Å². The SMILES string of the molecule is CC(=O)/C=C(/C)O.FC(F)(F)c1cc(-c2nccc3c2ccc2ccc(-c4ccccc4)cc23)[c-]c2ccccc12.[Ir]. The van der Waals surface area contributed by atoms with E-state index < -0.39 is 11.7 Å². The molecule has 6 aromatic rings. The minimum atomic E-state index is -4.48. The molecule has 0 atom stereocenters.